The standard InChI is InChI=1S/C18H30O/c1-7-18(6,19)16-10-8-15(9-11-16)17(14(4)5)12-13(2)3/h8-11,13-14,17,19H,7,12H2,1-6H3. The normalized spacial score (nSPS) is 16.7. The first kappa shape index (κ1) is 16.2. The lowest BCUT2D eigenvalue weighted by molar-refractivity contribution is 0.0530. The molecule has 19 heavy (non-hydrogen) atoms. The number of hydrogen-bond acceptors (Lipinski definition) is 1. The van der Waals surface area contributed by atoms with Crippen molar-refractivity contribution >= 4 is 0 Å². The Morgan fingerprint density at radius 2 is 1.58 bits per heavy atom. The van der Waals surface area contributed by atoms with Crippen LogP contribution in [0.15, 0.2) is 24.3 Å². The third-order valence-corrected chi connectivity index (χ3v) is 4.18. The molecule has 0 amide bonds. The van der Waals surface area contributed by atoms with Crippen molar-refractivity contribution in [2.75, 3.05) is 0 Å². The third kappa shape index (κ3) is 4.35. The quantitative estimate of drug-likeness (QED) is 0.757. The maximum atomic E-state index is 10.3. The van der Waals surface area contributed by atoms with E-state index in [-0.39, 0.29) is 0 Å². The van der Waals surface area contributed by atoms with E-state index in [1.165, 1.54) is 12.0 Å². The molecule has 0 saturated heterocycles. The zero-order chi connectivity index (χ0) is 14.6. The van der Waals surface area contributed by atoms with Crippen molar-refractivity contribution in [2.24, 2.45) is 11.8 Å². The van der Waals surface area contributed by atoms with Crippen LogP contribution in [0.5, 0.6) is 0 Å². The molecule has 2 atom stereocenters. The molecule has 0 spiro atoms. The van der Waals surface area contributed by atoms with Gasteiger partial charge in [-0.15, -0.1) is 0 Å². The molecule has 1 aromatic rings. The lowest BCUT2D eigenvalue weighted by Gasteiger charge is -2.26. The Labute approximate surface area is 119 Å². The van der Waals surface area contributed by atoms with Gasteiger partial charge in [-0.1, -0.05) is 58.9 Å². The number of hydrogen-bond donors (Lipinski definition) is 1. The molecular weight excluding hydrogens is 232 g/mol. The molecule has 0 aliphatic rings. The van der Waals surface area contributed by atoms with Crippen molar-refractivity contribution < 1.29 is 5.11 Å². The van der Waals surface area contributed by atoms with Gasteiger partial charge in [-0.3, -0.25) is 0 Å². The van der Waals surface area contributed by atoms with Crippen LogP contribution in [0.25, 0.3) is 0 Å². The Hall–Kier alpha value is -0.820. The molecule has 1 heteroatoms. The third-order valence-electron chi connectivity index (χ3n) is 4.18. The fraction of sp³-hybridized carbons (Fsp3) is 0.667. The molecule has 0 fully saturated rings. The number of aliphatic hydroxyl groups is 1. The predicted molar refractivity (Wildman–Crippen MR) is 83.3 cm³/mol. The van der Waals surface area contributed by atoms with Gasteiger partial charge in [0.15, 0.2) is 0 Å². The maximum absolute atomic E-state index is 10.3. The van der Waals surface area contributed by atoms with E-state index in [9.17, 15) is 5.11 Å². The van der Waals surface area contributed by atoms with Gasteiger partial charge in [0.25, 0.3) is 0 Å². The van der Waals surface area contributed by atoms with Crippen LogP contribution in [-0.4, -0.2) is 5.11 Å². The Morgan fingerprint density at radius 1 is 1.05 bits per heavy atom. The molecule has 0 bridgehead atoms. The Kier molecular flexibility index (Phi) is 5.61. The van der Waals surface area contributed by atoms with Gasteiger partial charge >= 0.3 is 0 Å². The van der Waals surface area contributed by atoms with Crippen molar-refractivity contribution in [3.63, 3.8) is 0 Å². The van der Waals surface area contributed by atoms with Gasteiger partial charge in [0, 0.05) is 0 Å². The Bertz CT molecular complexity index is 373. The molecular formula is C18H30O. The highest BCUT2D eigenvalue weighted by Crippen LogP contribution is 2.32. The SMILES string of the molecule is CCC(C)(O)c1ccc(C(CC(C)C)C(C)C)cc1. The van der Waals surface area contributed by atoms with Crippen molar-refractivity contribution in [1.29, 1.82) is 0 Å². The summed E-state index contributed by atoms with van der Waals surface area (Å²) in [6.45, 7) is 13.1. The summed E-state index contributed by atoms with van der Waals surface area (Å²) in [6.07, 6.45) is 1.97. The van der Waals surface area contributed by atoms with Crippen molar-refractivity contribution in [3.8, 4) is 0 Å². The minimum atomic E-state index is -0.704. The van der Waals surface area contributed by atoms with E-state index in [0.717, 1.165) is 12.0 Å². The summed E-state index contributed by atoms with van der Waals surface area (Å²) in [7, 11) is 0. The van der Waals surface area contributed by atoms with Crippen LogP contribution in [0.2, 0.25) is 0 Å². The van der Waals surface area contributed by atoms with E-state index < -0.39 is 5.60 Å². The highest BCUT2D eigenvalue weighted by molar-refractivity contribution is 5.29. The minimum Gasteiger partial charge on any atom is -0.385 e. The molecule has 108 valence electrons. The molecule has 1 nitrogen and oxygen atoms in total. The molecule has 0 saturated carbocycles. The number of benzene rings is 1. The zero-order valence-electron chi connectivity index (χ0n) is 13.4. The first-order chi connectivity index (χ1) is 8.77. The summed E-state index contributed by atoms with van der Waals surface area (Å²) in [6, 6.07) is 8.59. The molecule has 0 aliphatic heterocycles. The van der Waals surface area contributed by atoms with E-state index in [0.29, 0.717) is 17.8 Å². The second kappa shape index (κ2) is 6.56. The maximum Gasteiger partial charge on any atom is 0.0865 e. The van der Waals surface area contributed by atoms with Gasteiger partial charge in [0.1, 0.15) is 0 Å². The van der Waals surface area contributed by atoms with Crippen molar-refractivity contribution in [2.45, 2.75) is 65.9 Å². The molecule has 0 aliphatic carbocycles. The summed E-state index contributed by atoms with van der Waals surface area (Å²) < 4.78 is 0. The fourth-order valence-corrected chi connectivity index (χ4v) is 2.59. The van der Waals surface area contributed by atoms with Crippen LogP contribution >= 0.6 is 0 Å². The lowest BCUT2D eigenvalue weighted by atomic mass is 9.81. The van der Waals surface area contributed by atoms with Crippen LogP contribution in [0.3, 0.4) is 0 Å². The van der Waals surface area contributed by atoms with E-state index >= 15 is 0 Å². The average Bonchev–Trinajstić information content (AvgIpc) is 2.35. The summed E-state index contributed by atoms with van der Waals surface area (Å²) in [4.78, 5) is 0. The largest absolute Gasteiger partial charge is 0.385 e. The molecule has 0 aromatic heterocycles. The first-order valence-corrected chi connectivity index (χ1v) is 7.60. The minimum absolute atomic E-state index is 0.612. The second-order valence-corrected chi connectivity index (χ2v) is 6.73. The molecule has 1 rings (SSSR count). The van der Waals surface area contributed by atoms with Gasteiger partial charge in [-0.25, -0.2) is 0 Å². The molecule has 1 aromatic carbocycles. The molecule has 2 unspecified atom stereocenters. The Morgan fingerprint density at radius 3 is 1.95 bits per heavy atom. The highest BCUT2D eigenvalue weighted by atomic mass is 16.3. The first-order valence-electron chi connectivity index (χ1n) is 7.60. The van der Waals surface area contributed by atoms with Gasteiger partial charge in [0.2, 0.25) is 0 Å². The van der Waals surface area contributed by atoms with Gasteiger partial charge in [-0.2, -0.15) is 0 Å². The fourth-order valence-electron chi connectivity index (χ4n) is 2.59. The zero-order valence-corrected chi connectivity index (χ0v) is 13.4. The summed E-state index contributed by atoms with van der Waals surface area (Å²) in [5.41, 5.74) is 1.72. The summed E-state index contributed by atoms with van der Waals surface area (Å²) in [5, 5.41) is 10.3. The average molecular weight is 262 g/mol. The van der Waals surface area contributed by atoms with Crippen molar-refractivity contribution in [3.05, 3.63) is 35.4 Å². The predicted octanol–water partition coefficient (Wildman–Crippen LogP) is 5.09. The van der Waals surface area contributed by atoms with E-state index in [1.807, 2.05) is 13.8 Å². The van der Waals surface area contributed by atoms with E-state index in [4.69, 9.17) is 0 Å². The van der Waals surface area contributed by atoms with E-state index in [2.05, 4.69) is 52.0 Å². The molecule has 0 heterocycles. The monoisotopic (exact) mass is 262 g/mol. The van der Waals surface area contributed by atoms with Crippen LogP contribution in [-0.2, 0) is 5.60 Å². The van der Waals surface area contributed by atoms with Crippen molar-refractivity contribution in [1.82, 2.24) is 0 Å². The molecule has 1 N–H and O–H groups in total. The lowest BCUT2D eigenvalue weighted by Crippen LogP contribution is -2.19. The smallest absolute Gasteiger partial charge is 0.0865 e. The van der Waals surface area contributed by atoms with E-state index in [1.54, 1.807) is 0 Å². The highest BCUT2D eigenvalue weighted by Gasteiger charge is 2.22. The summed E-state index contributed by atoms with van der Waals surface area (Å²) in [5.74, 6) is 1.98. The number of rotatable bonds is 6. The van der Waals surface area contributed by atoms with Gasteiger partial charge in [0.05, 0.1) is 5.60 Å². The summed E-state index contributed by atoms with van der Waals surface area (Å²) >= 11 is 0. The second-order valence-electron chi connectivity index (χ2n) is 6.73. The van der Waals surface area contributed by atoms with Crippen LogP contribution < -0.4 is 0 Å². The Balaban J connectivity index is 2.95. The van der Waals surface area contributed by atoms with Gasteiger partial charge < -0.3 is 5.11 Å². The van der Waals surface area contributed by atoms with Crippen LogP contribution in [0.1, 0.15) is 71.4 Å². The van der Waals surface area contributed by atoms with Crippen LogP contribution in [0, 0.1) is 11.8 Å². The van der Waals surface area contributed by atoms with Crippen LogP contribution in [0.4, 0.5) is 0 Å². The van der Waals surface area contributed by atoms with Gasteiger partial charge in [-0.05, 0) is 48.6 Å². The topological polar surface area (TPSA) is 20.2 Å². The molecule has 0 radical (unpaired) electrons.